The van der Waals surface area contributed by atoms with Gasteiger partial charge in [-0.05, 0) is 48.8 Å². The number of anilines is 1. The fourth-order valence-corrected chi connectivity index (χ4v) is 2.80. The Morgan fingerprint density at radius 1 is 1.40 bits per heavy atom. The fraction of sp³-hybridized carbons (Fsp3) is 0.526. The molecule has 0 spiro atoms. The molecule has 0 bridgehead atoms. The summed E-state index contributed by atoms with van der Waals surface area (Å²) in [5.41, 5.74) is 1.84. The quantitative estimate of drug-likeness (QED) is 0.654. The average molecular weight is 345 g/mol. The molecule has 1 heterocycles. The molecule has 2 aromatic rings. The van der Waals surface area contributed by atoms with Gasteiger partial charge in [0.05, 0.1) is 18.2 Å². The third kappa shape index (κ3) is 5.21. The maximum Gasteiger partial charge on any atom is 0.319 e. The van der Waals surface area contributed by atoms with Crippen LogP contribution in [0.2, 0.25) is 0 Å². The van der Waals surface area contributed by atoms with Gasteiger partial charge in [-0.3, -0.25) is 0 Å². The fourth-order valence-electron chi connectivity index (χ4n) is 2.80. The molecule has 0 radical (unpaired) electrons. The van der Waals surface area contributed by atoms with Crippen molar-refractivity contribution in [2.45, 2.75) is 38.8 Å². The zero-order chi connectivity index (χ0) is 17.6. The Morgan fingerprint density at radius 2 is 2.24 bits per heavy atom. The van der Waals surface area contributed by atoms with Crippen molar-refractivity contribution in [3.05, 3.63) is 30.5 Å². The summed E-state index contributed by atoms with van der Waals surface area (Å²) in [6.45, 7) is 4.23. The Hall–Kier alpha value is -2.05. The molecular formula is C19H27N3O3. The van der Waals surface area contributed by atoms with E-state index in [9.17, 15) is 9.90 Å². The lowest BCUT2D eigenvalue weighted by Crippen LogP contribution is -2.37. The minimum Gasteiger partial charge on any atom is -0.389 e. The zero-order valence-corrected chi connectivity index (χ0v) is 14.7. The first-order valence-electron chi connectivity index (χ1n) is 9.05. The Balaban J connectivity index is 1.46. The highest BCUT2D eigenvalue weighted by Crippen LogP contribution is 2.28. The number of rotatable bonds is 9. The van der Waals surface area contributed by atoms with E-state index in [4.69, 9.17) is 4.74 Å². The van der Waals surface area contributed by atoms with Gasteiger partial charge in [-0.2, -0.15) is 0 Å². The second-order valence-corrected chi connectivity index (χ2v) is 6.75. The van der Waals surface area contributed by atoms with Gasteiger partial charge in [-0.1, -0.05) is 13.0 Å². The molecule has 1 unspecified atom stereocenters. The summed E-state index contributed by atoms with van der Waals surface area (Å²) in [7, 11) is 0. The number of carbonyl (C=O) groups excluding carboxylic acids is 1. The van der Waals surface area contributed by atoms with Crippen LogP contribution >= 0.6 is 0 Å². The largest absolute Gasteiger partial charge is 0.389 e. The van der Waals surface area contributed by atoms with Crippen LogP contribution < -0.4 is 10.6 Å². The summed E-state index contributed by atoms with van der Waals surface area (Å²) in [6, 6.07) is 7.60. The maximum absolute atomic E-state index is 12.0. The van der Waals surface area contributed by atoms with Crippen LogP contribution in [-0.2, 0) is 11.3 Å². The SMILES string of the molecule is CCCn1ccc2ccc(NC(=O)NCC(O)COCC3CC3)cc21. The van der Waals surface area contributed by atoms with E-state index in [0.717, 1.165) is 29.6 Å². The lowest BCUT2D eigenvalue weighted by molar-refractivity contribution is 0.0339. The normalized spacial score (nSPS) is 15.3. The van der Waals surface area contributed by atoms with Crippen LogP contribution in [0.4, 0.5) is 10.5 Å². The van der Waals surface area contributed by atoms with Crippen molar-refractivity contribution in [1.29, 1.82) is 0 Å². The molecule has 6 nitrogen and oxygen atoms in total. The number of aromatic nitrogens is 1. The third-order valence-electron chi connectivity index (χ3n) is 4.36. The number of benzene rings is 1. The van der Waals surface area contributed by atoms with Crippen LogP contribution in [0.1, 0.15) is 26.2 Å². The van der Waals surface area contributed by atoms with Gasteiger partial charge in [0, 0.05) is 31.6 Å². The van der Waals surface area contributed by atoms with Crippen molar-refractivity contribution >= 4 is 22.6 Å². The van der Waals surface area contributed by atoms with Crippen LogP contribution in [0.3, 0.4) is 0 Å². The van der Waals surface area contributed by atoms with Gasteiger partial charge >= 0.3 is 6.03 Å². The first-order valence-corrected chi connectivity index (χ1v) is 9.05. The van der Waals surface area contributed by atoms with Crippen LogP contribution in [-0.4, -0.2) is 41.6 Å². The smallest absolute Gasteiger partial charge is 0.319 e. The molecular weight excluding hydrogens is 318 g/mol. The van der Waals surface area contributed by atoms with Crippen molar-refractivity contribution in [3.63, 3.8) is 0 Å². The summed E-state index contributed by atoms with van der Waals surface area (Å²) in [5.74, 6) is 0.671. The highest BCUT2D eigenvalue weighted by atomic mass is 16.5. The molecule has 1 fully saturated rings. The second kappa shape index (κ2) is 8.36. The van der Waals surface area contributed by atoms with E-state index in [2.05, 4.69) is 34.4 Å². The molecule has 25 heavy (non-hydrogen) atoms. The molecule has 1 saturated carbocycles. The van der Waals surface area contributed by atoms with Crippen LogP contribution in [0.25, 0.3) is 10.9 Å². The number of carbonyl (C=O) groups is 1. The number of aliphatic hydroxyl groups is 1. The van der Waals surface area contributed by atoms with Crippen LogP contribution in [0.15, 0.2) is 30.5 Å². The number of amides is 2. The molecule has 6 heteroatoms. The number of fused-ring (bicyclic) bond motifs is 1. The lowest BCUT2D eigenvalue weighted by atomic mass is 10.2. The summed E-state index contributed by atoms with van der Waals surface area (Å²) >= 11 is 0. The van der Waals surface area contributed by atoms with E-state index in [1.54, 1.807) is 0 Å². The third-order valence-corrected chi connectivity index (χ3v) is 4.36. The van der Waals surface area contributed by atoms with Crippen molar-refractivity contribution in [3.8, 4) is 0 Å². The number of nitrogens with one attached hydrogen (secondary N) is 2. The molecule has 1 aromatic carbocycles. The Bertz CT molecular complexity index is 709. The van der Waals surface area contributed by atoms with Gasteiger partial charge in [0.25, 0.3) is 0 Å². The minimum absolute atomic E-state index is 0.172. The molecule has 0 aliphatic heterocycles. The van der Waals surface area contributed by atoms with E-state index in [-0.39, 0.29) is 19.2 Å². The van der Waals surface area contributed by atoms with Gasteiger partial charge in [0.15, 0.2) is 0 Å². The van der Waals surface area contributed by atoms with Crippen LogP contribution in [0, 0.1) is 5.92 Å². The molecule has 3 N–H and O–H groups in total. The average Bonchev–Trinajstić information content (AvgIpc) is 3.34. The number of aliphatic hydroxyl groups excluding tert-OH is 1. The number of ether oxygens (including phenoxy) is 1. The molecule has 1 aromatic heterocycles. The van der Waals surface area contributed by atoms with E-state index >= 15 is 0 Å². The topological polar surface area (TPSA) is 75.5 Å². The molecule has 2 amide bonds. The molecule has 1 aliphatic rings. The summed E-state index contributed by atoms with van der Waals surface area (Å²) in [6.07, 6.45) is 4.89. The highest BCUT2D eigenvalue weighted by Gasteiger charge is 2.21. The highest BCUT2D eigenvalue weighted by molar-refractivity contribution is 5.92. The summed E-state index contributed by atoms with van der Waals surface area (Å²) in [4.78, 5) is 12.0. The second-order valence-electron chi connectivity index (χ2n) is 6.75. The zero-order valence-electron chi connectivity index (χ0n) is 14.7. The van der Waals surface area contributed by atoms with Gasteiger partial charge in [0.1, 0.15) is 0 Å². The maximum atomic E-state index is 12.0. The first kappa shape index (κ1) is 17.8. The molecule has 1 atom stereocenters. The summed E-state index contributed by atoms with van der Waals surface area (Å²) in [5, 5.41) is 16.5. The Kier molecular flexibility index (Phi) is 5.94. The van der Waals surface area contributed by atoms with Crippen molar-refractivity contribution in [2.24, 2.45) is 5.92 Å². The van der Waals surface area contributed by atoms with Crippen molar-refractivity contribution < 1.29 is 14.6 Å². The molecule has 1 aliphatic carbocycles. The van der Waals surface area contributed by atoms with Crippen LogP contribution in [0.5, 0.6) is 0 Å². The van der Waals surface area contributed by atoms with Crippen molar-refractivity contribution in [1.82, 2.24) is 9.88 Å². The number of hydrogen-bond donors (Lipinski definition) is 3. The summed E-state index contributed by atoms with van der Waals surface area (Å²) < 4.78 is 7.60. The van der Waals surface area contributed by atoms with E-state index in [1.165, 1.54) is 12.8 Å². The van der Waals surface area contributed by atoms with Crippen molar-refractivity contribution in [2.75, 3.05) is 25.1 Å². The number of nitrogens with zero attached hydrogens (tertiary/aromatic N) is 1. The Morgan fingerprint density at radius 3 is 3.00 bits per heavy atom. The minimum atomic E-state index is -0.686. The standard InChI is InChI=1S/C19H27N3O3/c1-2-8-22-9-7-15-5-6-16(10-18(15)22)21-19(24)20-11-17(23)13-25-12-14-3-4-14/h5-7,9-10,14,17,23H,2-4,8,11-13H2,1H3,(H2,20,21,24). The predicted octanol–water partition coefficient (Wildman–Crippen LogP) is 2.96. The molecule has 3 rings (SSSR count). The first-order chi connectivity index (χ1) is 12.2. The van der Waals surface area contributed by atoms with E-state index in [0.29, 0.717) is 12.5 Å². The number of hydrogen-bond acceptors (Lipinski definition) is 3. The van der Waals surface area contributed by atoms with E-state index in [1.807, 2.05) is 18.2 Å². The van der Waals surface area contributed by atoms with Gasteiger partial charge in [-0.15, -0.1) is 0 Å². The van der Waals surface area contributed by atoms with Gasteiger partial charge in [0.2, 0.25) is 0 Å². The molecule has 136 valence electrons. The molecule has 0 saturated heterocycles. The van der Waals surface area contributed by atoms with Gasteiger partial charge < -0.3 is 25.0 Å². The monoisotopic (exact) mass is 345 g/mol. The predicted molar refractivity (Wildman–Crippen MR) is 98.8 cm³/mol. The van der Waals surface area contributed by atoms with Gasteiger partial charge in [-0.25, -0.2) is 4.79 Å². The number of urea groups is 1. The van der Waals surface area contributed by atoms with E-state index < -0.39 is 6.10 Å². The number of aryl methyl sites for hydroxylation is 1. The lowest BCUT2D eigenvalue weighted by Gasteiger charge is -2.13. The Labute approximate surface area is 148 Å².